The molecule has 2 aromatic rings. The number of rotatable bonds is 5. The molecule has 0 radical (unpaired) electrons. The van der Waals surface area contributed by atoms with Crippen LogP contribution in [-0.4, -0.2) is 65.7 Å². The molecule has 1 fully saturated rings. The third kappa shape index (κ3) is 3.91. The van der Waals surface area contributed by atoms with Crippen LogP contribution in [0.5, 0.6) is 0 Å². The van der Waals surface area contributed by atoms with E-state index < -0.39 is 34.4 Å². The summed E-state index contributed by atoms with van der Waals surface area (Å²) in [5.74, 6) is -1.31. The van der Waals surface area contributed by atoms with Gasteiger partial charge in [-0.25, -0.2) is 17.9 Å². The molecular formula is C18H21N3O6S. The molecule has 1 aromatic heterocycles. The fourth-order valence-electron chi connectivity index (χ4n) is 3.39. The van der Waals surface area contributed by atoms with E-state index in [0.29, 0.717) is 23.7 Å². The molecule has 1 aliphatic heterocycles. The number of fused-ring (bicyclic) bond motifs is 1. The molecule has 0 bridgehead atoms. The molecule has 0 aliphatic carbocycles. The van der Waals surface area contributed by atoms with Gasteiger partial charge in [-0.1, -0.05) is 18.2 Å². The predicted molar refractivity (Wildman–Crippen MR) is 102 cm³/mol. The van der Waals surface area contributed by atoms with Crippen molar-refractivity contribution in [1.29, 1.82) is 0 Å². The number of aromatic nitrogens is 2. The molecule has 1 atom stereocenters. The van der Waals surface area contributed by atoms with Gasteiger partial charge in [0.1, 0.15) is 0 Å². The number of amides is 1. The van der Waals surface area contributed by atoms with Crippen molar-refractivity contribution in [1.82, 2.24) is 14.7 Å². The topological polar surface area (TPSA) is 116 Å². The molecule has 150 valence electrons. The highest BCUT2D eigenvalue weighted by Crippen LogP contribution is 2.18. The Labute approximate surface area is 161 Å². The van der Waals surface area contributed by atoms with Gasteiger partial charge < -0.3 is 9.64 Å². The normalized spacial score (nSPS) is 18.1. The lowest BCUT2D eigenvalue weighted by atomic mass is 10.1. The maximum absolute atomic E-state index is 12.5. The van der Waals surface area contributed by atoms with Crippen molar-refractivity contribution in [2.24, 2.45) is 7.05 Å². The van der Waals surface area contributed by atoms with Crippen LogP contribution in [0.1, 0.15) is 23.8 Å². The number of nitrogens with zero attached hydrogens (tertiary/aromatic N) is 3. The zero-order valence-corrected chi connectivity index (χ0v) is 16.4. The number of likely N-dealkylation sites (N-methyl/N-ethyl adjacent to an activating group) is 1. The van der Waals surface area contributed by atoms with E-state index in [2.05, 4.69) is 5.10 Å². The maximum Gasteiger partial charge on any atom is 0.359 e. The number of esters is 1. The Morgan fingerprint density at radius 1 is 1.29 bits per heavy atom. The van der Waals surface area contributed by atoms with Gasteiger partial charge in [-0.05, 0) is 19.4 Å². The summed E-state index contributed by atoms with van der Waals surface area (Å²) >= 11 is 0. The number of hydrogen-bond donors (Lipinski definition) is 0. The van der Waals surface area contributed by atoms with E-state index in [1.165, 1.54) is 11.9 Å². The molecule has 10 heteroatoms. The summed E-state index contributed by atoms with van der Waals surface area (Å²) < 4.78 is 29.5. The first-order valence-corrected chi connectivity index (χ1v) is 10.7. The lowest BCUT2D eigenvalue weighted by molar-refractivity contribution is -0.136. The third-order valence-electron chi connectivity index (χ3n) is 4.79. The highest BCUT2D eigenvalue weighted by molar-refractivity contribution is 7.91. The van der Waals surface area contributed by atoms with Gasteiger partial charge in [0.05, 0.1) is 16.9 Å². The van der Waals surface area contributed by atoms with Crippen LogP contribution in [-0.2, 0) is 26.4 Å². The molecule has 1 amide bonds. The minimum absolute atomic E-state index is 0.0508. The van der Waals surface area contributed by atoms with Crippen molar-refractivity contribution in [2.75, 3.05) is 24.7 Å². The molecule has 0 N–H and O–H groups in total. The Hall–Kier alpha value is -2.75. The fraction of sp³-hybridized carbons (Fsp3) is 0.444. The maximum atomic E-state index is 12.5. The van der Waals surface area contributed by atoms with Crippen LogP contribution >= 0.6 is 0 Å². The Bertz CT molecular complexity index is 1090. The summed E-state index contributed by atoms with van der Waals surface area (Å²) in [4.78, 5) is 38.5. The lowest BCUT2D eigenvalue weighted by Gasteiger charge is -2.26. The second-order valence-electron chi connectivity index (χ2n) is 6.64. The molecule has 28 heavy (non-hydrogen) atoms. The monoisotopic (exact) mass is 407 g/mol. The van der Waals surface area contributed by atoms with Crippen LogP contribution in [0.4, 0.5) is 0 Å². The zero-order valence-electron chi connectivity index (χ0n) is 15.6. The van der Waals surface area contributed by atoms with Gasteiger partial charge in [-0.3, -0.25) is 9.59 Å². The van der Waals surface area contributed by atoms with Crippen LogP contribution in [0.2, 0.25) is 0 Å². The fourth-order valence-corrected chi connectivity index (χ4v) is 5.12. The first-order chi connectivity index (χ1) is 13.2. The lowest BCUT2D eigenvalue weighted by Crippen LogP contribution is -2.43. The van der Waals surface area contributed by atoms with Crippen molar-refractivity contribution in [3.05, 3.63) is 40.3 Å². The summed E-state index contributed by atoms with van der Waals surface area (Å²) in [6.07, 6.45) is 0.378. The van der Waals surface area contributed by atoms with Crippen molar-refractivity contribution < 1.29 is 22.7 Å². The smallest absolute Gasteiger partial charge is 0.359 e. The summed E-state index contributed by atoms with van der Waals surface area (Å²) in [5, 5.41) is 4.63. The van der Waals surface area contributed by atoms with Crippen molar-refractivity contribution in [3.63, 3.8) is 0 Å². The van der Waals surface area contributed by atoms with E-state index in [-0.39, 0.29) is 22.8 Å². The van der Waals surface area contributed by atoms with Crippen LogP contribution in [0, 0.1) is 0 Å². The molecule has 2 heterocycles. The van der Waals surface area contributed by atoms with Crippen LogP contribution in [0.15, 0.2) is 29.1 Å². The van der Waals surface area contributed by atoms with Crippen LogP contribution in [0.25, 0.3) is 10.8 Å². The summed E-state index contributed by atoms with van der Waals surface area (Å²) in [5.41, 5.74) is -0.403. The van der Waals surface area contributed by atoms with E-state index in [0.717, 1.165) is 4.68 Å². The number of carbonyl (C=O) groups is 2. The summed E-state index contributed by atoms with van der Waals surface area (Å²) in [6, 6.07) is 6.12. The van der Waals surface area contributed by atoms with Crippen molar-refractivity contribution >= 4 is 32.5 Å². The van der Waals surface area contributed by atoms with E-state index >= 15 is 0 Å². The highest BCUT2D eigenvalue weighted by Gasteiger charge is 2.34. The zero-order chi connectivity index (χ0) is 20.5. The Morgan fingerprint density at radius 3 is 2.57 bits per heavy atom. The van der Waals surface area contributed by atoms with Gasteiger partial charge in [-0.2, -0.15) is 5.10 Å². The number of ether oxygens (including phenoxy) is 1. The van der Waals surface area contributed by atoms with E-state index in [4.69, 9.17) is 4.74 Å². The number of aryl methyl sites for hydroxylation is 1. The standard InChI is InChI=1S/C18H21N3O6S/c1-3-21(12-8-9-28(25,26)11-12)15(22)10-27-18(24)16-13-6-4-5-7-14(13)17(23)20(2)19-16/h4-7,12H,3,8-11H2,1-2H3. The number of benzene rings is 1. The average molecular weight is 407 g/mol. The molecule has 3 rings (SSSR count). The molecule has 9 nitrogen and oxygen atoms in total. The summed E-state index contributed by atoms with van der Waals surface area (Å²) in [7, 11) is -1.71. The average Bonchev–Trinajstić information content (AvgIpc) is 3.02. The minimum Gasteiger partial charge on any atom is -0.451 e. The van der Waals surface area contributed by atoms with Gasteiger partial charge >= 0.3 is 5.97 Å². The van der Waals surface area contributed by atoms with Gasteiger partial charge in [0, 0.05) is 25.0 Å². The Kier molecular flexibility index (Phi) is 5.50. The molecule has 1 saturated heterocycles. The minimum atomic E-state index is -3.14. The largest absolute Gasteiger partial charge is 0.451 e. The Balaban J connectivity index is 1.75. The van der Waals surface area contributed by atoms with Gasteiger partial charge in [0.2, 0.25) is 0 Å². The quantitative estimate of drug-likeness (QED) is 0.647. The van der Waals surface area contributed by atoms with Crippen LogP contribution in [0.3, 0.4) is 0 Å². The molecule has 0 spiro atoms. The SMILES string of the molecule is CCN(C(=O)COC(=O)c1nn(C)c(=O)c2ccccc12)C1CCS(=O)(=O)C1. The van der Waals surface area contributed by atoms with Crippen molar-refractivity contribution in [3.8, 4) is 0 Å². The number of sulfone groups is 1. The van der Waals surface area contributed by atoms with Crippen molar-refractivity contribution in [2.45, 2.75) is 19.4 Å². The first-order valence-electron chi connectivity index (χ1n) is 8.86. The molecule has 1 aliphatic rings. The highest BCUT2D eigenvalue weighted by atomic mass is 32.2. The van der Waals surface area contributed by atoms with Gasteiger partial charge in [0.15, 0.2) is 22.1 Å². The number of carbonyl (C=O) groups excluding carboxylic acids is 2. The first kappa shape index (κ1) is 20.0. The number of hydrogen-bond acceptors (Lipinski definition) is 7. The second-order valence-corrected chi connectivity index (χ2v) is 8.86. The molecular weight excluding hydrogens is 386 g/mol. The Morgan fingerprint density at radius 2 is 1.96 bits per heavy atom. The van der Waals surface area contributed by atoms with E-state index in [1.54, 1.807) is 31.2 Å². The van der Waals surface area contributed by atoms with Gasteiger partial charge in [0.25, 0.3) is 11.5 Å². The molecule has 0 saturated carbocycles. The molecule has 1 aromatic carbocycles. The predicted octanol–water partition coefficient (Wildman–Crippen LogP) is 0.126. The van der Waals surface area contributed by atoms with E-state index in [9.17, 15) is 22.8 Å². The van der Waals surface area contributed by atoms with E-state index in [1.807, 2.05) is 0 Å². The molecule has 1 unspecified atom stereocenters. The second kappa shape index (κ2) is 7.70. The third-order valence-corrected chi connectivity index (χ3v) is 6.54. The van der Waals surface area contributed by atoms with Gasteiger partial charge in [-0.15, -0.1) is 0 Å². The van der Waals surface area contributed by atoms with Crippen LogP contribution < -0.4 is 5.56 Å². The summed E-state index contributed by atoms with van der Waals surface area (Å²) in [6.45, 7) is 1.53.